The Morgan fingerprint density at radius 1 is 1.28 bits per heavy atom. The number of ether oxygens (including phenoxy) is 1. The molecule has 0 aliphatic rings. The zero-order valence-electron chi connectivity index (χ0n) is 12.9. The van der Waals surface area contributed by atoms with E-state index >= 15 is 0 Å². The molecule has 0 amide bonds. The summed E-state index contributed by atoms with van der Waals surface area (Å²) in [4.78, 5) is 16.3. The molecule has 0 aromatic rings. The summed E-state index contributed by atoms with van der Waals surface area (Å²) in [6.45, 7) is 8.25. The highest BCUT2D eigenvalue weighted by Crippen LogP contribution is 2.14. The lowest BCUT2D eigenvalue weighted by Gasteiger charge is -2.35. The SMILES string of the molecule is CCCCC(C(=O)OC)N(CC)C(C)CN(C)C. The van der Waals surface area contributed by atoms with Crippen LogP contribution in [0.1, 0.15) is 40.0 Å². The first-order valence-corrected chi connectivity index (χ1v) is 6.96. The Kier molecular flexibility index (Phi) is 9.02. The van der Waals surface area contributed by atoms with Gasteiger partial charge in [0.25, 0.3) is 0 Å². The Morgan fingerprint density at radius 3 is 2.28 bits per heavy atom. The Hall–Kier alpha value is -0.610. The van der Waals surface area contributed by atoms with E-state index in [0.717, 1.165) is 32.4 Å². The van der Waals surface area contributed by atoms with Gasteiger partial charge < -0.3 is 9.64 Å². The molecule has 0 aliphatic carbocycles. The van der Waals surface area contributed by atoms with E-state index in [4.69, 9.17) is 4.74 Å². The van der Waals surface area contributed by atoms with E-state index in [1.54, 1.807) is 0 Å². The summed E-state index contributed by atoms with van der Waals surface area (Å²) in [5.41, 5.74) is 0. The van der Waals surface area contributed by atoms with E-state index in [-0.39, 0.29) is 12.0 Å². The van der Waals surface area contributed by atoms with E-state index in [2.05, 4.69) is 44.7 Å². The molecule has 18 heavy (non-hydrogen) atoms. The van der Waals surface area contributed by atoms with Gasteiger partial charge in [-0.2, -0.15) is 0 Å². The van der Waals surface area contributed by atoms with Gasteiger partial charge in [-0.05, 0) is 34.0 Å². The molecular formula is C14H30N2O2. The van der Waals surface area contributed by atoms with Crippen molar-refractivity contribution in [2.24, 2.45) is 0 Å². The highest BCUT2D eigenvalue weighted by atomic mass is 16.5. The number of rotatable bonds is 9. The lowest BCUT2D eigenvalue weighted by atomic mass is 10.1. The highest BCUT2D eigenvalue weighted by molar-refractivity contribution is 5.75. The van der Waals surface area contributed by atoms with Crippen molar-refractivity contribution in [2.75, 3.05) is 34.3 Å². The number of esters is 1. The van der Waals surface area contributed by atoms with Gasteiger partial charge in [-0.15, -0.1) is 0 Å². The Balaban J connectivity index is 4.72. The second-order valence-electron chi connectivity index (χ2n) is 5.12. The van der Waals surface area contributed by atoms with E-state index < -0.39 is 0 Å². The molecule has 0 aliphatic heterocycles. The molecule has 0 fully saturated rings. The molecule has 4 nitrogen and oxygen atoms in total. The molecule has 0 aromatic heterocycles. The van der Waals surface area contributed by atoms with Crippen LogP contribution in [0.2, 0.25) is 0 Å². The van der Waals surface area contributed by atoms with Crippen LogP contribution < -0.4 is 0 Å². The number of carbonyl (C=O) groups is 1. The van der Waals surface area contributed by atoms with Gasteiger partial charge in [0.1, 0.15) is 6.04 Å². The van der Waals surface area contributed by atoms with Gasteiger partial charge in [-0.25, -0.2) is 0 Å². The lowest BCUT2D eigenvalue weighted by Crippen LogP contribution is -2.49. The summed E-state index contributed by atoms with van der Waals surface area (Å²) in [5, 5.41) is 0. The Morgan fingerprint density at radius 2 is 1.89 bits per heavy atom. The molecule has 2 unspecified atom stereocenters. The average Bonchev–Trinajstić information content (AvgIpc) is 2.32. The zero-order valence-corrected chi connectivity index (χ0v) is 12.9. The van der Waals surface area contributed by atoms with Crippen molar-refractivity contribution in [1.82, 2.24) is 9.80 Å². The van der Waals surface area contributed by atoms with Crippen LogP contribution in [0.3, 0.4) is 0 Å². The fourth-order valence-corrected chi connectivity index (χ4v) is 2.43. The molecule has 108 valence electrons. The van der Waals surface area contributed by atoms with Crippen molar-refractivity contribution in [2.45, 2.75) is 52.1 Å². The van der Waals surface area contributed by atoms with Crippen LogP contribution in [-0.4, -0.2) is 62.1 Å². The zero-order chi connectivity index (χ0) is 14.1. The number of hydrogen-bond acceptors (Lipinski definition) is 4. The normalized spacial score (nSPS) is 14.9. The number of methoxy groups -OCH3 is 1. The number of hydrogen-bond donors (Lipinski definition) is 0. The monoisotopic (exact) mass is 258 g/mol. The third-order valence-corrected chi connectivity index (χ3v) is 3.27. The fraction of sp³-hybridized carbons (Fsp3) is 0.929. The Bertz CT molecular complexity index is 232. The second kappa shape index (κ2) is 9.34. The predicted molar refractivity (Wildman–Crippen MR) is 75.7 cm³/mol. The summed E-state index contributed by atoms with van der Waals surface area (Å²) in [7, 11) is 5.60. The molecule has 4 heteroatoms. The minimum absolute atomic E-state index is 0.101. The maximum Gasteiger partial charge on any atom is 0.323 e. The van der Waals surface area contributed by atoms with Crippen LogP contribution in [0, 0.1) is 0 Å². The third kappa shape index (κ3) is 5.83. The molecule has 0 radical (unpaired) electrons. The van der Waals surface area contributed by atoms with Gasteiger partial charge in [-0.1, -0.05) is 26.7 Å². The number of likely N-dealkylation sites (N-methyl/N-ethyl adjacent to an activating group) is 2. The predicted octanol–water partition coefficient (Wildman–Crippen LogP) is 1.99. The van der Waals surface area contributed by atoms with Crippen molar-refractivity contribution < 1.29 is 9.53 Å². The quantitative estimate of drug-likeness (QED) is 0.592. The van der Waals surface area contributed by atoms with Crippen LogP contribution in [0.25, 0.3) is 0 Å². The molecule has 0 heterocycles. The van der Waals surface area contributed by atoms with E-state index in [0.29, 0.717) is 6.04 Å². The molecule has 0 N–H and O–H groups in total. The minimum Gasteiger partial charge on any atom is -0.468 e. The number of unbranched alkanes of at least 4 members (excludes halogenated alkanes) is 1. The van der Waals surface area contributed by atoms with E-state index in [1.807, 2.05) is 0 Å². The number of nitrogens with zero attached hydrogens (tertiary/aromatic N) is 2. The largest absolute Gasteiger partial charge is 0.468 e. The van der Waals surface area contributed by atoms with Crippen LogP contribution in [0.15, 0.2) is 0 Å². The molecule has 0 saturated carbocycles. The van der Waals surface area contributed by atoms with Crippen LogP contribution >= 0.6 is 0 Å². The van der Waals surface area contributed by atoms with Gasteiger partial charge in [0.15, 0.2) is 0 Å². The van der Waals surface area contributed by atoms with E-state index in [1.165, 1.54) is 7.11 Å². The third-order valence-electron chi connectivity index (χ3n) is 3.27. The molecule has 2 atom stereocenters. The van der Waals surface area contributed by atoms with Gasteiger partial charge in [0.05, 0.1) is 7.11 Å². The van der Waals surface area contributed by atoms with Gasteiger partial charge in [0.2, 0.25) is 0 Å². The maximum absolute atomic E-state index is 11.9. The summed E-state index contributed by atoms with van der Waals surface area (Å²) >= 11 is 0. The van der Waals surface area contributed by atoms with E-state index in [9.17, 15) is 4.79 Å². The van der Waals surface area contributed by atoms with Crippen LogP contribution in [0.5, 0.6) is 0 Å². The standard InChI is InChI=1S/C14H30N2O2/c1-7-9-10-13(14(17)18-6)16(8-2)12(3)11-15(4)5/h12-13H,7-11H2,1-6H3. The van der Waals surface area contributed by atoms with Crippen LogP contribution in [0.4, 0.5) is 0 Å². The first-order valence-electron chi connectivity index (χ1n) is 6.96. The van der Waals surface area contributed by atoms with Crippen LogP contribution in [-0.2, 0) is 9.53 Å². The first kappa shape index (κ1) is 17.4. The molecular weight excluding hydrogens is 228 g/mol. The summed E-state index contributed by atoms with van der Waals surface area (Å²) in [6, 6.07) is 0.251. The van der Waals surface area contributed by atoms with Crippen molar-refractivity contribution >= 4 is 5.97 Å². The first-order chi connectivity index (χ1) is 8.47. The molecule has 0 saturated heterocycles. The van der Waals surface area contributed by atoms with Crippen molar-refractivity contribution in [3.8, 4) is 0 Å². The smallest absolute Gasteiger partial charge is 0.323 e. The fourth-order valence-electron chi connectivity index (χ4n) is 2.43. The second-order valence-corrected chi connectivity index (χ2v) is 5.12. The molecule has 0 aromatic carbocycles. The molecule has 0 spiro atoms. The molecule has 0 bridgehead atoms. The summed E-state index contributed by atoms with van der Waals surface area (Å²) in [5.74, 6) is -0.101. The van der Waals surface area contributed by atoms with Crippen molar-refractivity contribution in [3.05, 3.63) is 0 Å². The topological polar surface area (TPSA) is 32.8 Å². The number of carbonyl (C=O) groups excluding carboxylic acids is 1. The van der Waals surface area contributed by atoms with Gasteiger partial charge in [-0.3, -0.25) is 9.69 Å². The molecule has 0 rings (SSSR count). The summed E-state index contributed by atoms with van der Waals surface area (Å²) < 4.78 is 4.95. The maximum atomic E-state index is 11.9. The minimum atomic E-state index is -0.102. The highest BCUT2D eigenvalue weighted by Gasteiger charge is 2.28. The average molecular weight is 258 g/mol. The lowest BCUT2D eigenvalue weighted by molar-refractivity contribution is -0.148. The van der Waals surface area contributed by atoms with Crippen molar-refractivity contribution in [1.29, 1.82) is 0 Å². The van der Waals surface area contributed by atoms with Crippen molar-refractivity contribution in [3.63, 3.8) is 0 Å². The summed E-state index contributed by atoms with van der Waals surface area (Å²) in [6.07, 6.45) is 3.05. The Labute approximate surface area is 112 Å². The van der Waals surface area contributed by atoms with Gasteiger partial charge >= 0.3 is 5.97 Å². The van der Waals surface area contributed by atoms with Gasteiger partial charge in [0, 0.05) is 12.6 Å².